The van der Waals surface area contributed by atoms with Crippen molar-refractivity contribution in [2.45, 2.75) is 39.2 Å². The number of ketones is 1. The number of hydrogen-bond acceptors (Lipinski definition) is 3. The van der Waals surface area contributed by atoms with Gasteiger partial charge in [-0.3, -0.25) is 4.79 Å². The average molecular weight is 186 g/mol. The highest BCUT2D eigenvalue weighted by atomic mass is 16.2. The predicted molar refractivity (Wildman–Crippen MR) is 51.2 cm³/mol. The fraction of sp³-hybridized carbons (Fsp3) is 0.778. The molecule has 0 radical (unpaired) electrons. The molecule has 3 N–H and O–H groups in total. The molecular weight excluding hydrogens is 168 g/mol. The van der Waals surface area contributed by atoms with Crippen LogP contribution >= 0.6 is 0 Å². The molecular formula is C9H18N2O2. The first-order chi connectivity index (χ1) is 6.10. The van der Waals surface area contributed by atoms with Crippen molar-refractivity contribution in [1.29, 1.82) is 0 Å². The summed E-state index contributed by atoms with van der Waals surface area (Å²) in [6.07, 6.45) is 1.40. The molecule has 4 heteroatoms. The van der Waals surface area contributed by atoms with Crippen molar-refractivity contribution in [2.75, 3.05) is 6.54 Å². The third-order valence-corrected chi connectivity index (χ3v) is 1.85. The molecule has 0 saturated heterocycles. The maximum atomic E-state index is 11.2. The zero-order valence-electron chi connectivity index (χ0n) is 8.30. The SMILES string of the molecule is CCC(CN)NC(=O)CCC(C)=O. The van der Waals surface area contributed by atoms with E-state index in [1.807, 2.05) is 6.92 Å². The van der Waals surface area contributed by atoms with Crippen molar-refractivity contribution in [3.05, 3.63) is 0 Å². The minimum Gasteiger partial charge on any atom is -0.352 e. The Balaban J connectivity index is 3.66. The predicted octanol–water partition coefficient (Wildman–Crippen LogP) is 0.209. The van der Waals surface area contributed by atoms with E-state index < -0.39 is 0 Å². The van der Waals surface area contributed by atoms with Gasteiger partial charge >= 0.3 is 0 Å². The number of Topliss-reactive ketones (excluding diaryl/α,β-unsaturated/α-hetero) is 1. The molecule has 4 nitrogen and oxygen atoms in total. The van der Waals surface area contributed by atoms with Crippen LogP contribution in [0.15, 0.2) is 0 Å². The van der Waals surface area contributed by atoms with Crippen LogP contribution in [0.4, 0.5) is 0 Å². The maximum Gasteiger partial charge on any atom is 0.220 e. The Hall–Kier alpha value is -0.900. The Labute approximate surface area is 78.9 Å². The second-order valence-corrected chi connectivity index (χ2v) is 3.11. The molecule has 0 heterocycles. The normalized spacial score (nSPS) is 12.2. The topological polar surface area (TPSA) is 72.2 Å². The largest absolute Gasteiger partial charge is 0.352 e. The molecule has 0 saturated carbocycles. The van der Waals surface area contributed by atoms with Crippen LogP contribution in [0.2, 0.25) is 0 Å². The average Bonchev–Trinajstić information content (AvgIpc) is 2.10. The van der Waals surface area contributed by atoms with Gasteiger partial charge in [-0.1, -0.05) is 6.92 Å². The van der Waals surface area contributed by atoms with Crippen LogP contribution in [0.3, 0.4) is 0 Å². The van der Waals surface area contributed by atoms with E-state index >= 15 is 0 Å². The minimum atomic E-state index is -0.0903. The van der Waals surface area contributed by atoms with Gasteiger partial charge in [0.15, 0.2) is 0 Å². The Bertz CT molecular complexity index is 176. The van der Waals surface area contributed by atoms with Gasteiger partial charge in [0.25, 0.3) is 0 Å². The van der Waals surface area contributed by atoms with Gasteiger partial charge in [-0.25, -0.2) is 0 Å². The zero-order valence-corrected chi connectivity index (χ0v) is 8.30. The van der Waals surface area contributed by atoms with Crippen molar-refractivity contribution in [2.24, 2.45) is 5.73 Å². The van der Waals surface area contributed by atoms with Crippen molar-refractivity contribution in [3.8, 4) is 0 Å². The second kappa shape index (κ2) is 6.60. The van der Waals surface area contributed by atoms with Gasteiger partial charge in [0, 0.05) is 25.4 Å². The summed E-state index contributed by atoms with van der Waals surface area (Å²) < 4.78 is 0. The van der Waals surface area contributed by atoms with Crippen molar-refractivity contribution < 1.29 is 9.59 Å². The summed E-state index contributed by atoms with van der Waals surface area (Å²) in [4.78, 5) is 21.7. The highest BCUT2D eigenvalue weighted by Crippen LogP contribution is 1.93. The van der Waals surface area contributed by atoms with Crippen LogP contribution < -0.4 is 11.1 Å². The summed E-state index contributed by atoms with van der Waals surface area (Å²) in [5.74, 6) is -0.0524. The lowest BCUT2D eigenvalue weighted by Gasteiger charge is -2.13. The van der Waals surface area contributed by atoms with E-state index in [0.29, 0.717) is 13.0 Å². The number of nitrogens with two attached hydrogens (primary N) is 1. The number of hydrogen-bond donors (Lipinski definition) is 2. The smallest absolute Gasteiger partial charge is 0.220 e. The van der Waals surface area contributed by atoms with Crippen molar-refractivity contribution in [3.63, 3.8) is 0 Å². The van der Waals surface area contributed by atoms with E-state index in [1.165, 1.54) is 6.92 Å². The minimum absolute atomic E-state index is 0.0379. The molecule has 0 bridgehead atoms. The Kier molecular flexibility index (Phi) is 6.14. The number of nitrogens with one attached hydrogen (secondary N) is 1. The molecule has 1 unspecified atom stereocenters. The summed E-state index contributed by atoms with van der Waals surface area (Å²) in [7, 11) is 0. The monoisotopic (exact) mass is 186 g/mol. The Morgan fingerprint density at radius 3 is 2.38 bits per heavy atom. The molecule has 1 amide bonds. The third kappa shape index (κ3) is 6.28. The maximum absolute atomic E-state index is 11.2. The first-order valence-corrected chi connectivity index (χ1v) is 4.59. The van der Waals surface area contributed by atoms with Gasteiger partial charge in [-0.15, -0.1) is 0 Å². The lowest BCUT2D eigenvalue weighted by molar-refractivity contribution is -0.125. The number of carbonyl (C=O) groups excluding carboxylic acids is 2. The van der Waals surface area contributed by atoms with Crippen LogP contribution in [0.25, 0.3) is 0 Å². The van der Waals surface area contributed by atoms with E-state index in [2.05, 4.69) is 5.32 Å². The summed E-state index contributed by atoms with van der Waals surface area (Å²) in [6, 6.07) is 0.0412. The molecule has 0 aliphatic rings. The number of carbonyl (C=O) groups is 2. The van der Waals surface area contributed by atoms with Crippen LogP contribution in [0, 0.1) is 0 Å². The van der Waals surface area contributed by atoms with E-state index in [9.17, 15) is 9.59 Å². The van der Waals surface area contributed by atoms with Crippen LogP contribution in [0.5, 0.6) is 0 Å². The van der Waals surface area contributed by atoms with Gasteiger partial charge < -0.3 is 15.8 Å². The standard InChI is InChI=1S/C9H18N2O2/c1-3-8(6-10)11-9(13)5-4-7(2)12/h8H,3-6,10H2,1-2H3,(H,11,13). The Morgan fingerprint density at radius 2 is 2.00 bits per heavy atom. The molecule has 1 atom stereocenters. The quantitative estimate of drug-likeness (QED) is 0.622. The third-order valence-electron chi connectivity index (χ3n) is 1.85. The highest BCUT2D eigenvalue weighted by molar-refractivity contribution is 5.83. The molecule has 76 valence electrons. The van der Waals surface area contributed by atoms with E-state index in [-0.39, 0.29) is 24.2 Å². The summed E-state index contributed by atoms with van der Waals surface area (Å²) in [6.45, 7) is 3.89. The lowest BCUT2D eigenvalue weighted by Crippen LogP contribution is -2.39. The van der Waals surface area contributed by atoms with Gasteiger partial charge in [-0.2, -0.15) is 0 Å². The first-order valence-electron chi connectivity index (χ1n) is 4.59. The Morgan fingerprint density at radius 1 is 1.38 bits per heavy atom. The second-order valence-electron chi connectivity index (χ2n) is 3.11. The van der Waals surface area contributed by atoms with Crippen LogP contribution in [0.1, 0.15) is 33.1 Å². The summed E-state index contributed by atoms with van der Waals surface area (Å²) in [5, 5.41) is 2.76. The van der Waals surface area contributed by atoms with Crippen LogP contribution in [-0.4, -0.2) is 24.3 Å². The summed E-state index contributed by atoms with van der Waals surface area (Å²) in [5.41, 5.74) is 5.41. The lowest BCUT2D eigenvalue weighted by atomic mass is 10.2. The van der Waals surface area contributed by atoms with Crippen LogP contribution in [-0.2, 0) is 9.59 Å². The first kappa shape index (κ1) is 12.1. The number of rotatable bonds is 6. The van der Waals surface area contributed by atoms with E-state index in [0.717, 1.165) is 6.42 Å². The summed E-state index contributed by atoms with van der Waals surface area (Å²) >= 11 is 0. The molecule has 0 aliphatic heterocycles. The fourth-order valence-corrected chi connectivity index (χ4v) is 0.917. The van der Waals surface area contributed by atoms with Crippen molar-refractivity contribution >= 4 is 11.7 Å². The molecule has 0 fully saturated rings. The van der Waals surface area contributed by atoms with Gasteiger partial charge in [0.2, 0.25) is 5.91 Å². The molecule has 13 heavy (non-hydrogen) atoms. The molecule has 0 aromatic rings. The zero-order chi connectivity index (χ0) is 10.3. The van der Waals surface area contributed by atoms with Gasteiger partial charge in [0.05, 0.1) is 0 Å². The number of amides is 1. The van der Waals surface area contributed by atoms with Gasteiger partial charge in [0.1, 0.15) is 5.78 Å². The highest BCUT2D eigenvalue weighted by Gasteiger charge is 2.08. The molecule has 0 aromatic carbocycles. The van der Waals surface area contributed by atoms with E-state index in [1.54, 1.807) is 0 Å². The molecule has 0 spiro atoms. The molecule has 0 rings (SSSR count). The fourth-order valence-electron chi connectivity index (χ4n) is 0.917. The van der Waals surface area contributed by atoms with Gasteiger partial charge in [-0.05, 0) is 13.3 Å². The molecule has 0 aliphatic carbocycles. The molecule has 0 aromatic heterocycles. The van der Waals surface area contributed by atoms with Crippen molar-refractivity contribution in [1.82, 2.24) is 5.32 Å². The van der Waals surface area contributed by atoms with E-state index in [4.69, 9.17) is 5.73 Å².